The lowest BCUT2D eigenvalue weighted by Gasteiger charge is -2.21. The average Bonchev–Trinajstić information content (AvgIpc) is 2.15. The zero-order valence-corrected chi connectivity index (χ0v) is 11.3. The summed E-state index contributed by atoms with van der Waals surface area (Å²) in [5.41, 5.74) is 0.952. The minimum atomic E-state index is -1.58. The fourth-order valence-electron chi connectivity index (χ4n) is 1.16. The molecular weight excluding hydrogens is 220 g/mol. The molecule has 0 amide bonds. The van der Waals surface area contributed by atoms with Crippen molar-refractivity contribution in [3.8, 4) is 5.75 Å². The minimum absolute atomic E-state index is 0.708. The summed E-state index contributed by atoms with van der Waals surface area (Å²) in [6.07, 6.45) is 0. The van der Waals surface area contributed by atoms with Gasteiger partial charge < -0.3 is 8.85 Å². The quantitative estimate of drug-likeness (QED) is 0.590. The van der Waals surface area contributed by atoms with Gasteiger partial charge in [0.05, 0.1) is 0 Å². The van der Waals surface area contributed by atoms with Crippen molar-refractivity contribution in [3.63, 3.8) is 0 Å². The van der Waals surface area contributed by atoms with Gasteiger partial charge in [0, 0.05) is 5.56 Å². The van der Waals surface area contributed by atoms with Crippen LogP contribution in [0.1, 0.15) is 5.56 Å². The molecule has 0 aliphatic rings. The zero-order chi connectivity index (χ0) is 11.5. The van der Waals surface area contributed by atoms with Crippen LogP contribution in [0.3, 0.4) is 0 Å². The maximum absolute atomic E-state index is 5.80. The smallest absolute Gasteiger partial charge is 0.341 e. The number of hydrogen-bond acceptors (Lipinski definition) is 2. The van der Waals surface area contributed by atoms with Crippen molar-refractivity contribution >= 4 is 24.6 Å². The van der Waals surface area contributed by atoms with Gasteiger partial charge in [0.1, 0.15) is 11.5 Å². The van der Waals surface area contributed by atoms with Gasteiger partial charge in [0.15, 0.2) is 0 Å². The first-order valence-corrected chi connectivity index (χ1v) is 8.56. The van der Waals surface area contributed by atoms with Gasteiger partial charge in [-0.2, -0.15) is 0 Å². The van der Waals surface area contributed by atoms with E-state index in [1.54, 1.807) is 0 Å². The zero-order valence-electron chi connectivity index (χ0n) is 9.33. The van der Waals surface area contributed by atoms with E-state index in [4.69, 9.17) is 8.85 Å². The molecule has 0 aliphatic carbocycles. The van der Waals surface area contributed by atoms with E-state index in [1.807, 2.05) is 24.3 Å². The lowest BCUT2D eigenvalue weighted by Crippen LogP contribution is -2.24. The van der Waals surface area contributed by atoms with Crippen LogP contribution in [0, 0.1) is 0 Å². The predicted octanol–water partition coefficient (Wildman–Crippen LogP) is 2.97. The molecule has 0 saturated carbocycles. The second-order valence-electron chi connectivity index (χ2n) is 4.27. The molecule has 0 saturated heterocycles. The van der Waals surface area contributed by atoms with Gasteiger partial charge in [-0.15, -0.1) is 0 Å². The van der Waals surface area contributed by atoms with E-state index in [0.29, 0.717) is 5.76 Å². The standard InChI is InChI=1S/C11H15O2Si2/c1-9(13-15(2,3)4)10-6-5-7-11(8-10)12-14/h5-8H,1H2,2-4H3. The SMILES string of the molecule is C=C(O[Si](C)(C)C)c1cccc(O[Si])c1. The maximum atomic E-state index is 5.80. The highest BCUT2D eigenvalue weighted by molar-refractivity contribution is 6.70. The van der Waals surface area contributed by atoms with E-state index in [-0.39, 0.29) is 0 Å². The third-order valence-corrected chi connectivity index (χ3v) is 2.80. The summed E-state index contributed by atoms with van der Waals surface area (Å²) in [5.74, 6) is 1.45. The van der Waals surface area contributed by atoms with E-state index in [0.717, 1.165) is 11.3 Å². The van der Waals surface area contributed by atoms with Crippen molar-refractivity contribution in [2.45, 2.75) is 19.6 Å². The molecule has 3 radical (unpaired) electrons. The monoisotopic (exact) mass is 235 g/mol. The van der Waals surface area contributed by atoms with Gasteiger partial charge in [-0.05, 0) is 31.8 Å². The van der Waals surface area contributed by atoms with Crippen LogP contribution in [0.5, 0.6) is 5.75 Å². The topological polar surface area (TPSA) is 18.5 Å². The lowest BCUT2D eigenvalue weighted by atomic mass is 10.2. The molecule has 0 N–H and O–H groups in total. The minimum Gasteiger partial charge on any atom is -0.544 e. The Labute approximate surface area is 95.6 Å². The van der Waals surface area contributed by atoms with Crippen molar-refractivity contribution in [2.75, 3.05) is 0 Å². The molecule has 15 heavy (non-hydrogen) atoms. The lowest BCUT2D eigenvalue weighted by molar-refractivity contribution is 0.515. The van der Waals surface area contributed by atoms with Gasteiger partial charge >= 0.3 is 10.5 Å². The van der Waals surface area contributed by atoms with E-state index in [1.165, 1.54) is 0 Å². The third-order valence-electron chi connectivity index (χ3n) is 1.70. The average molecular weight is 235 g/mol. The van der Waals surface area contributed by atoms with Gasteiger partial charge in [-0.25, -0.2) is 0 Å². The van der Waals surface area contributed by atoms with E-state index >= 15 is 0 Å². The first kappa shape index (κ1) is 12.1. The largest absolute Gasteiger partial charge is 0.544 e. The Hall–Kier alpha value is -1.01. The molecule has 0 bridgehead atoms. The Kier molecular flexibility index (Phi) is 3.76. The van der Waals surface area contributed by atoms with Crippen molar-refractivity contribution in [1.82, 2.24) is 0 Å². The van der Waals surface area contributed by atoms with Crippen LogP contribution >= 0.6 is 0 Å². The van der Waals surface area contributed by atoms with Crippen LogP contribution in [0.2, 0.25) is 19.6 Å². The molecule has 0 aliphatic heterocycles. The Balaban J connectivity index is 2.82. The molecule has 0 aromatic heterocycles. The third kappa shape index (κ3) is 3.93. The molecule has 0 heterocycles. The van der Waals surface area contributed by atoms with Crippen LogP contribution in [-0.2, 0) is 4.43 Å². The highest BCUT2D eigenvalue weighted by Gasteiger charge is 2.17. The highest BCUT2D eigenvalue weighted by atomic mass is 28.4. The summed E-state index contributed by atoms with van der Waals surface area (Å²) in [4.78, 5) is 0. The van der Waals surface area contributed by atoms with E-state index < -0.39 is 8.32 Å². The maximum Gasteiger partial charge on any atom is 0.341 e. The summed E-state index contributed by atoms with van der Waals surface area (Å²) in [6, 6.07) is 7.61. The first-order chi connectivity index (χ1) is 6.92. The molecule has 0 spiro atoms. The summed E-state index contributed by atoms with van der Waals surface area (Å²) < 4.78 is 10.8. The second kappa shape index (κ2) is 4.68. The molecule has 0 unspecified atom stereocenters. The van der Waals surface area contributed by atoms with Crippen molar-refractivity contribution in [3.05, 3.63) is 36.4 Å². The predicted molar refractivity (Wildman–Crippen MR) is 66.3 cm³/mol. The fraction of sp³-hybridized carbons (Fsp3) is 0.273. The Morgan fingerprint density at radius 1 is 1.33 bits per heavy atom. The molecule has 1 aromatic rings. The van der Waals surface area contributed by atoms with Gasteiger partial charge in [-0.3, -0.25) is 0 Å². The number of benzene rings is 1. The molecule has 2 nitrogen and oxygen atoms in total. The van der Waals surface area contributed by atoms with E-state index in [2.05, 4.69) is 36.7 Å². The summed E-state index contributed by atoms with van der Waals surface area (Å²) in [5, 5.41) is 0. The Bertz CT molecular complexity index is 356. The van der Waals surface area contributed by atoms with Crippen LogP contribution in [0.4, 0.5) is 0 Å². The molecule has 0 fully saturated rings. The van der Waals surface area contributed by atoms with Gasteiger partial charge in [-0.1, -0.05) is 18.7 Å². The van der Waals surface area contributed by atoms with Crippen LogP contribution in [-0.4, -0.2) is 18.8 Å². The summed E-state index contributed by atoms with van der Waals surface area (Å²) in [6.45, 7) is 10.3. The molecule has 79 valence electrons. The highest BCUT2D eigenvalue weighted by Crippen LogP contribution is 2.22. The Morgan fingerprint density at radius 3 is 2.53 bits per heavy atom. The summed E-state index contributed by atoms with van der Waals surface area (Å²) >= 11 is 0. The molecular formula is C11H15O2Si2. The Morgan fingerprint density at radius 2 is 2.00 bits per heavy atom. The van der Waals surface area contributed by atoms with Crippen molar-refractivity contribution in [1.29, 1.82) is 0 Å². The van der Waals surface area contributed by atoms with Crippen molar-refractivity contribution in [2.24, 2.45) is 0 Å². The first-order valence-electron chi connectivity index (χ1n) is 4.74. The van der Waals surface area contributed by atoms with Crippen LogP contribution in [0.25, 0.3) is 5.76 Å². The summed E-state index contributed by atoms with van der Waals surface area (Å²) in [7, 11) is 1.40. The van der Waals surface area contributed by atoms with Crippen LogP contribution in [0.15, 0.2) is 30.8 Å². The second-order valence-corrected chi connectivity index (χ2v) is 8.90. The normalized spacial score (nSPS) is 10.9. The number of rotatable bonds is 4. The molecule has 4 heteroatoms. The van der Waals surface area contributed by atoms with Gasteiger partial charge in [0.25, 0.3) is 0 Å². The fourth-order valence-corrected chi connectivity index (χ4v) is 2.15. The number of hydrogen-bond donors (Lipinski definition) is 0. The molecule has 1 rings (SSSR count). The van der Waals surface area contributed by atoms with E-state index in [9.17, 15) is 0 Å². The van der Waals surface area contributed by atoms with Gasteiger partial charge in [0.2, 0.25) is 8.32 Å². The molecule has 0 atom stereocenters. The van der Waals surface area contributed by atoms with Crippen LogP contribution < -0.4 is 4.43 Å². The molecule has 1 aromatic carbocycles. The van der Waals surface area contributed by atoms with Crippen molar-refractivity contribution < 1.29 is 8.85 Å².